The molecular formula is C26H29F3N2O3S. The van der Waals surface area contributed by atoms with Gasteiger partial charge in [-0.1, -0.05) is 23.3 Å². The molecule has 3 aromatic carbocycles. The van der Waals surface area contributed by atoms with Crippen molar-refractivity contribution in [2.45, 2.75) is 44.1 Å². The molecule has 4 aromatic rings. The van der Waals surface area contributed by atoms with Crippen molar-refractivity contribution >= 4 is 33.8 Å². The van der Waals surface area contributed by atoms with Crippen molar-refractivity contribution in [1.82, 2.24) is 4.98 Å². The van der Waals surface area contributed by atoms with E-state index in [-0.39, 0.29) is 11.9 Å². The maximum atomic E-state index is 11.7. The summed E-state index contributed by atoms with van der Waals surface area (Å²) >= 11 is 0.959. The lowest BCUT2D eigenvalue weighted by Gasteiger charge is -2.15. The van der Waals surface area contributed by atoms with Crippen LogP contribution >= 0.6 is 11.9 Å². The number of H-pyrrole nitrogens is 1. The number of benzene rings is 3. The number of aliphatic hydroxyl groups is 1. The molecule has 0 bridgehead atoms. The molecule has 4 N–H and O–H groups in total. The fourth-order valence-electron chi connectivity index (χ4n) is 3.53. The number of aromatic nitrogens is 1. The Morgan fingerprint density at radius 3 is 1.83 bits per heavy atom. The number of aliphatic hydroxyl groups excluding tert-OH is 1. The van der Waals surface area contributed by atoms with Gasteiger partial charge >= 0.3 is 6.36 Å². The minimum Gasteiger partial charge on any atom is -0.406 e. The van der Waals surface area contributed by atoms with E-state index < -0.39 is 6.36 Å². The first-order valence-electron chi connectivity index (χ1n) is 11.1. The summed E-state index contributed by atoms with van der Waals surface area (Å²) in [7, 11) is 0. The molecule has 0 unspecified atom stereocenters. The van der Waals surface area contributed by atoms with Crippen LogP contribution in [0.3, 0.4) is 0 Å². The Morgan fingerprint density at radius 2 is 1.43 bits per heavy atom. The number of rotatable bonds is 2. The van der Waals surface area contributed by atoms with E-state index in [0.717, 1.165) is 38.0 Å². The second-order valence-electron chi connectivity index (χ2n) is 8.20. The minimum atomic E-state index is -4.64. The van der Waals surface area contributed by atoms with Crippen molar-refractivity contribution in [3.8, 4) is 5.75 Å². The van der Waals surface area contributed by atoms with Crippen molar-refractivity contribution in [1.29, 1.82) is 0 Å². The summed E-state index contributed by atoms with van der Waals surface area (Å²) in [5, 5.41) is 16.7. The van der Waals surface area contributed by atoms with Crippen LogP contribution in [-0.4, -0.2) is 35.8 Å². The molecule has 1 saturated heterocycles. The third kappa shape index (κ3) is 8.47. The number of hydrogen-bond donors (Lipinski definition) is 3. The molecule has 9 heteroatoms. The summed E-state index contributed by atoms with van der Waals surface area (Å²) in [4.78, 5) is 4.11. The number of aryl methyl sites for hydroxylation is 2. The molecule has 2 heterocycles. The van der Waals surface area contributed by atoms with Crippen LogP contribution in [0.2, 0.25) is 0 Å². The molecule has 1 aliphatic rings. The van der Waals surface area contributed by atoms with Crippen LogP contribution in [0.4, 0.5) is 13.2 Å². The molecule has 5 rings (SSSR count). The van der Waals surface area contributed by atoms with E-state index in [9.17, 15) is 13.2 Å². The first kappa shape index (κ1) is 26.9. The number of fused-ring (bicyclic) bond motifs is 3. The number of aromatic amines is 1. The van der Waals surface area contributed by atoms with Crippen LogP contribution in [0.25, 0.3) is 21.8 Å². The van der Waals surface area contributed by atoms with E-state index in [1.165, 1.54) is 57.2 Å². The Balaban J connectivity index is 0.000000156. The van der Waals surface area contributed by atoms with Gasteiger partial charge in [0.15, 0.2) is 0 Å². The maximum Gasteiger partial charge on any atom is 0.573 e. The smallest absolute Gasteiger partial charge is 0.406 e. The Morgan fingerprint density at radius 1 is 0.914 bits per heavy atom. The number of ether oxygens (including phenoxy) is 2. The number of nitrogens with two attached hydrogens (primary N) is 1. The summed E-state index contributed by atoms with van der Waals surface area (Å²) in [6, 6.07) is 18.4. The van der Waals surface area contributed by atoms with Crippen LogP contribution < -0.4 is 9.88 Å². The van der Waals surface area contributed by atoms with Gasteiger partial charge in [-0.15, -0.1) is 13.2 Å². The van der Waals surface area contributed by atoms with E-state index in [1.807, 2.05) is 0 Å². The molecule has 1 aromatic heterocycles. The Labute approximate surface area is 206 Å². The molecule has 0 spiro atoms. The summed E-state index contributed by atoms with van der Waals surface area (Å²) in [6.07, 6.45) is -3.09. The van der Waals surface area contributed by atoms with Gasteiger partial charge in [-0.2, -0.15) is 0 Å². The monoisotopic (exact) mass is 506 g/mol. The zero-order valence-electron chi connectivity index (χ0n) is 19.6. The minimum absolute atomic E-state index is 0.0891. The number of hydrogen-bond acceptors (Lipinski definition) is 5. The normalized spacial score (nSPS) is 14.1. The summed E-state index contributed by atoms with van der Waals surface area (Å²) < 4.78 is 43.6. The molecule has 35 heavy (non-hydrogen) atoms. The Hall–Kier alpha value is -2.72. The second kappa shape index (κ2) is 12.3. The zero-order chi connectivity index (χ0) is 25.4. The third-order valence-electron chi connectivity index (χ3n) is 5.29. The fraction of sp³-hybridized carbons (Fsp3) is 0.308. The average molecular weight is 507 g/mol. The van der Waals surface area contributed by atoms with Crippen LogP contribution in [0.5, 0.6) is 5.75 Å². The summed E-state index contributed by atoms with van der Waals surface area (Å²) in [5.41, 5.74) is 5.07. The van der Waals surface area contributed by atoms with Crippen molar-refractivity contribution in [2.75, 3.05) is 13.2 Å². The molecule has 0 radical (unpaired) electrons. The molecule has 0 atom stereocenters. The molecule has 0 amide bonds. The van der Waals surface area contributed by atoms with Gasteiger partial charge < -0.3 is 19.6 Å². The lowest BCUT2D eigenvalue weighted by atomic mass is 10.1. The largest absolute Gasteiger partial charge is 0.573 e. The third-order valence-corrected chi connectivity index (χ3v) is 5.84. The molecule has 188 valence electrons. The second-order valence-corrected chi connectivity index (χ2v) is 8.91. The van der Waals surface area contributed by atoms with Gasteiger partial charge in [-0.05, 0) is 87.2 Å². The highest BCUT2D eigenvalue weighted by Crippen LogP contribution is 2.27. The van der Waals surface area contributed by atoms with E-state index in [0.29, 0.717) is 4.90 Å². The first-order chi connectivity index (χ1) is 16.6. The lowest BCUT2D eigenvalue weighted by molar-refractivity contribution is -0.274. The highest BCUT2D eigenvalue weighted by molar-refractivity contribution is 7.97. The van der Waals surface area contributed by atoms with Crippen molar-refractivity contribution in [3.63, 3.8) is 0 Å². The predicted octanol–water partition coefficient (Wildman–Crippen LogP) is 6.65. The highest BCUT2D eigenvalue weighted by atomic mass is 32.2. The Kier molecular flexibility index (Phi) is 9.45. The lowest BCUT2D eigenvalue weighted by Crippen LogP contribution is -2.19. The number of alkyl halides is 3. The van der Waals surface area contributed by atoms with Crippen molar-refractivity contribution in [2.24, 2.45) is 5.14 Å². The Bertz CT molecular complexity index is 1160. The molecule has 1 fully saturated rings. The quantitative estimate of drug-likeness (QED) is 0.265. The molecule has 0 aliphatic carbocycles. The predicted molar refractivity (Wildman–Crippen MR) is 135 cm³/mol. The van der Waals surface area contributed by atoms with E-state index >= 15 is 0 Å². The first-order valence-corrected chi connectivity index (χ1v) is 12.0. The van der Waals surface area contributed by atoms with Crippen LogP contribution in [0.15, 0.2) is 65.6 Å². The van der Waals surface area contributed by atoms with E-state index in [4.69, 9.17) is 15.0 Å². The van der Waals surface area contributed by atoms with Crippen molar-refractivity contribution in [3.05, 3.63) is 71.8 Å². The average Bonchev–Trinajstić information content (AvgIpc) is 3.17. The van der Waals surface area contributed by atoms with Crippen LogP contribution in [0.1, 0.15) is 24.0 Å². The van der Waals surface area contributed by atoms with Crippen LogP contribution in [-0.2, 0) is 4.74 Å². The van der Waals surface area contributed by atoms with Gasteiger partial charge in [-0.25, -0.2) is 0 Å². The summed E-state index contributed by atoms with van der Waals surface area (Å²) in [5.74, 6) is -0.245. The summed E-state index contributed by atoms with van der Waals surface area (Å²) in [6.45, 7) is 5.74. The van der Waals surface area contributed by atoms with Crippen molar-refractivity contribution < 1.29 is 27.8 Å². The zero-order valence-corrected chi connectivity index (χ0v) is 20.4. The molecular weight excluding hydrogens is 477 g/mol. The number of nitrogens with one attached hydrogen (secondary N) is 1. The maximum absolute atomic E-state index is 11.7. The fourth-order valence-corrected chi connectivity index (χ4v) is 3.82. The topological polar surface area (TPSA) is 80.5 Å². The standard InChI is InChI=1S/C14H13N.C7H6F3NOS.C5H10O2/c1-9-3-5-13-11(7-9)12-8-10(2)4-6-14(12)15-13;8-7(9,10)12-5-1-3-6(13-11)4-2-5;6-5-1-3-7-4-2-5/h3-8,15H,1-2H3;1-4H,11H2;5-6H,1-4H2. The van der Waals surface area contributed by atoms with Gasteiger partial charge in [0.25, 0.3) is 0 Å². The highest BCUT2D eigenvalue weighted by Gasteiger charge is 2.30. The SMILES string of the molecule is Cc1ccc2[nH]c3ccc(C)cc3c2c1.NSc1ccc(OC(F)(F)F)cc1.OC1CCOCC1. The molecule has 0 saturated carbocycles. The molecule has 1 aliphatic heterocycles. The van der Waals surface area contributed by atoms with E-state index in [2.05, 4.69) is 60.0 Å². The van der Waals surface area contributed by atoms with E-state index in [1.54, 1.807) is 0 Å². The van der Waals surface area contributed by atoms with Gasteiger partial charge in [0.2, 0.25) is 0 Å². The van der Waals surface area contributed by atoms with Crippen LogP contribution in [0, 0.1) is 13.8 Å². The molecule has 5 nitrogen and oxygen atoms in total. The van der Waals surface area contributed by atoms with Gasteiger partial charge in [0.05, 0.1) is 6.10 Å². The van der Waals surface area contributed by atoms with Gasteiger partial charge in [0.1, 0.15) is 5.75 Å². The number of halogens is 3. The van der Waals surface area contributed by atoms with Gasteiger partial charge in [0, 0.05) is 39.9 Å². The van der Waals surface area contributed by atoms with Gasteiger partial charge in [-0.3, -0.25) is 5.14 Å².